The molecule has 1 aliphatic heterocycles. The van der Waals surface area contributed by atoms with Crippen LogP contribution in [0.4, 0.5) is 4.79 Å². The minimum atomic E-state index is 0.0843. The summed E-state index contributed by atoms with van der Waals surface area (Å²) >= 11 is 0. The van der Waals surface area contributed by atoms with Gasteiger partial charge in [0, 0.05) is 26.7 Å². The van der Waals surface area contributed by atoms with Crippen LogP contribution in [-0.2, 0) is 4.74 Å². The number of imidazole rings is 1. The maximum absolute atomic E-state index is 12.4. The van der Waals surface area contributed by atoms with Crippen LogP contribution in [0.1, 0.15) is 38.1 Å². The standard InChI is InChI=1S/C21H30N4O2/c1-4-9-22-21(26)24-12-15-10-19(20(27-3)11-16(15)13-24)25-14(2)23-17-7-5-6-8-18(17)25/h5-8,15-16,19-20H,4,9-13H2,1-3H3,(H,22,26)/t15-,16+,19-,20-/m0/s1. The number of hydrogen-bond acceptors (Lipinski definition) is 3. The summed E-state index contributed by atoms with van der Waals surface area (Å²) in [5, 5.41) is 3.02. The molecule has 2 heterocycles. The molecule has 1 aliphatic carbocycles. The lowest BCUT2D eigenvalue weighted by atomic mass is 9.77. The van der Waals surface area contributed by atoms with Crippen molar-refractivity contribution in [2.75, 3.05) is 26.7 Å². The minimum absolute atomic E-state index is 0.0843. The van der Waals surface area contributed by atoms with Crippen molar-refractivity contribution in [1.82, 2.24) is 19.8 Å². The van der Waals surface area contributed by atoms with E-state index in [-0.39, 0.29) is 18.2 Å². The van der Waals surface area contributed by atoms with Gasteiger partial charge < -0.3 is 19.5 Å². The molecule has 0 spiro atoms. The van der Waals surface area contributed by atoms with Crippen molar-refractivity contribution in [3.63, 3.8) is 0 Å². The third-order valence-electron chi connectivity index (χ3n) is 6.30. The zero-order valence-corrected chi connectivity index (χ0v) is 16.5. The predicted molar refractivity (Wildman–Crippen MR) is 106 cm³/mol. The molecule has 2 aromatic rings. The number of ether oxygens (including phenoxy) is 1. The van der Waals surface area contributed by atoms with E-state index in [1.807, 2.05) is 18.1 Å². The van der Waals surface area contributed by atoms with E-state index in [1.165, 1.54) is 5.52 Å². The van der Waals surface area contributed by atoms with Crippen LogP contribution in [0.2, 0.25) is 0 Å². The monoisotopic (exact) mass is 370 g/mol. The molecular weight excluding hydrogens is 340 g/mol. The second-order valence-corrected chi connectivity index (χ2v) is 7.99. The molecule has 4 rings (SSSR count). The molecule has 146 valence electrons. The van der Waals surface area contributed by atoms with Crippen molar-refractivity contribution in [2.24, 2.45) is 11.8 Å². The Kier molecular flexibility index (Phi) is 5.08. The molecule has 0 bridgehead atoms. The highest BCUT2D eigenvalue weighted by molar-refractivity contribution is 5.76. The fourth-order valence-electron chi connectivity index (χ4n) is 5.01. The Morgan fingerprint density at radius 2 is 2.00 bits per heavy atom. The highest BCUT2D eigenvalue weighted by Crippen LogP contribution is 2.43. The van der Waals surface area contributed by atoms with Crippen molar-refractivity contribution >= 4 is 17.1 Å². The Balaban J connectivity index is 1.57. The van der Waals surface area contributed by atoms with Gasteiger partial charge in [0.2, 0.25) is 0 Å². The van der Waals surface area contributed by atoms with Gasteiger partial charge in [-0.3, -0.25) is 0 Å². The lowest BCUT2D eigenvalue weighted by molar-refractivity contribution is -0.0000599. The number of para-hydroxylation sites is 2. The summed E-state index contributed by atoms with van der Waals surface area (Å²) in [6.07, 6.45) is 3.14. The van der Waals surface area contributed by atoms with Crippen molar-refractivity contribution in [3.05, 3.63) is 30.1 Å². The molecule has 4 atom stereocenters. The highest BCUT2D eigenvalue weighted by Gasteiger charge is 2.44. The maximum atomic E-state index is 12.4. The summed E-state index contributed by atoms with van der Waals surface area (Å²) < 4.78 is 8.29. The summed E-state index contributed by atoms with van der Waals surface area (Å²) in [5.74, 6) is 2.08. The number of fused-ring (bicyclic) bond motifs is 2. The van der Waals surface area contributed by atoms with E-state index >= 15 is 0 Å². The molecule has 1 aromatic carbocycles. The molecule has 0 unspecified atom stereocenters. The van der Waals surface area contributed by atoms with E-state index in [0.29, 0.717) is 11.8 Å². The molecular formula is C21H30N4O2. The van der Waals surface area contributed by atoms with E-state index in [4.69, 9.17) is 9.72 Å². The Morgan fingerprint density at radius 3 is 2.74 bits per heavy atom. The number of likely N-dealkylation sites (tertiary alicyclic amines) is 1. The average Bonchev–Trinajstić information content (AvgIpc) is 3.24. The molecule has 2 fully saturated rings. The van der Waals surface area contributed by atoms with Gasteiger partial charge in [0.15, 0.2) is 0 Å². The SMILES string of the molecule is CCCNC(=O)N1C[C@H]2C[C@H](OC)[C@@H](n3c(C)nc4ccccc43)C[C@H]2C1. The molecule has 1 N–H and O–H groups in total. The molecule has 1 aromatic heterocycles. The summed E-state index contributed by atoms with van der Waals surface area (Å²) in [5.41, 5.74) is 2.22. The molecule has 6 nitrogen and oxygen atoms in total. The average molecular weight is 370 g/mol. The fourth-order valence-corrected chi connectivity index (χ4v) is 5.01. The van der Waals surface area contributed by atoms with Gasteiger partial charge in [-0.2, -0.15) is 0 Å². The van der Waals surface area contributed by atoms with Gasteiger partial charge in [-0.05, 0) is 50.2 Å². The van der Waals surface area contributed by atoms with Crippen LogP contribution in [0.5, 0.6) is 0 Å². The lowest BCUT2D eigenvalue weighted by Gasteiger charge is -2.38. The summed E-state index contributed by atoms with van der Waals surface area (Å²) in [6.45, 7) is 6.59. The molecule has 2 aliphatic rings. The first-order chi connectivity index (χ1) is 13.1. The maximum Gasteiger partial charge on any atom is 0.317 e. The van der Waals surface area contributed by atoms with Gasteiger partial charge in [0.05, 0.1) is 23.2 Å². The zero-order chi connectivity index (χ0) is 19.0. The number of aryl methyl sites for hydroxylation is 1. The zero-order valence-electron chi connectivity index (χ0n) is 16.5. The number of hydrogen-bond donors (Lipinski definition) is 1. The normalized spacial score (nSPS) is 27.7. The second-order valence-electron chi connectivity index (χ2n) is 7.99. The number of methoxy groups -OCH3 is 1. The third-order valence-corrected chi connectivity index (χ3v) is 6.30. The van der Waals surface area contributed by atoms with Crippen molar-refractivity contribution in [2.45, 2.75) is 45.3 Å². The van der Waals surface area contributed by atoms with Crippen LogP contribution in [-0.4, -0.2) is 53.3 Å². The number of nitrogens with one attached hydrogen (secondary N) is 1. The summed E-state index contributed by atoms with van der Waals surface area (Å²) in [7, 11) is 1.81. The molecule has 27 heavy (non-hydrogen) atoms. The number of benzene rings is 1. The van der Waals surface area contributed by atoms with Crippen molar-refractivity contribution in [1.29, 1.82) is 0 Å². The Labute approximate surface area is 160 Å². The van der Waals surface area contributed by atoms with E-state index in [0.717, 1.165) is 50.2 Å². The Hall–Kier alpha value is -2.08. The Bertz CT molecular complexity index is 818. The predicted octanol–water partition coefficient (Wildman–Crippen LogP) is 3.36. The first-order valence-electron chi connectivity index (χ1n) is 10.1. The van der Waals surface area contributed by atoms with Gasteiger partial charge in [-0.25, -0.2) is 9.78 Å². The van der Waals surface area contributed by atoms with E-state index in [2.05, 4.69) is 41.9 Å². The molecule has 2 amide bonds. The largest absolute Gasteiger partial charge is 0.379 e. The van der Waals surface area contributed by atoms with E-state index in [9.17, 15) is 4.79 Å². The van der Waals surface area contributed by atoms with E-state index in [1.54, 1.807) is 0 Å². The number of rotatable bonds is 4. The molecule has 1 saturated carbocycles. The number of carbonyl (C=O) groups is 1. The summed E-state index contributed by atoms with van der Waals surface area (Å²) in [6, 6.07) is 8.67. The molecule has 0 radical (unpaired) electrons. The van der Waals surface area contributed by atoms with Crippen LogP contribution in [0, 0.1) is 18.8 Å². The fraction of sp³-hybridized carbons (Fsp3) is 0.619. The van der Waals surface area contributed by atoms with Gasteiger partial charge in [-0.15, -0.1) is 0 Å². The third kappa shape index (κ3) is 3.31. The van der Waals surface area contributed by atoms with Crippen LogP contribution >= 0.6 is 0 Å². The smallest absolute Gasteiger partial charge is 0.317 e. The Morgan fingerprint density at radius 1 is 1.26 bits per heavy atom. The number of amides is 2. The molecule has 1 saturated heterocycles. The van der Waals surface area contributed by atoms with Crippen LogP contribution < -0.4 is 5.32 Å². The van der Waals surface area contributed by atoms with Crippen molar-refractivity contribution in [3.8, 4) is 0 Å². The second kappa shape index (κ2) is 7.50. The molecule has 6 heteroatoms. The first kappa shape index (κ1) is 18.3. The van der Waals surface area contributed by atoms with Gasteiger partial charge in [-0.1, -0.05) is 19.1 Å². The van der Waals surface area contributed by atoms with Crippen LogP contribution in [0.15, 0.2) is 24.3 Å². The minimum Gasteiger partial charge on any atom is -0.379 e. The van der Waals surface area contributed by atoms with Crippen LogP contribution in [0.3, 0.4) is 0 Å². The van der Waals surface area contributed by atoms with Gasteiger partial charge in [0.1, 0.15) is 5.82 Å². The lowest BCUT2D eigenvalue weighted by Crippen LogP contribution is -2.39. The van der Waals surface area contributed by atoms with E-state index < -0.39 is 0 Å². The van der Waals surface area contributed by atoms with Crippen LogP contribution in [0.25, 0.3) is 11.0 Å². The number of nitrogens with zero attached hydrogens (tertiary/aromatic N) is 3. The topological polar surface area (TPSA) is 59.4 Å². The number of carbonyl (C=O) groups excluding carboxylic acids is 1. The first-order valence-corrected chi connectivity index (χ1v) is 10.1. The quantitative estimate of drug-likeness (QED) is 0.898. The summed E-state index contributed by atoms with van der Waals surface area (Å²) in [4.78, 5) is 19.2. The van der Waals surface area contributed by atoms with Gasteiger partial charge >= 0.3 is 6.03 Å². The van der Waals surface area contributed by atoms with Gasteiger partial charge in [0.25, 0.3) is 0 Å². The number of aromatic nitrogens is 2. The van der Waals surface area contributed by atoms with Crippen molar-refractivity contribution < 1.29 is 9.53 Å². The highest BCUT2D eigenvalue weighted by atomic mass is 16.5. The number of urea groups is 1.